The zero-order chi connectivity index (χ0) is 23.2. The molecule has 0 unspecified atom stereocenters. The van der Waals surface area contributed by atoms with Crippen LogP contribution in [0.5, 0.6) is 0 Å². The van der Waals surface area contributed by atoms with E-state index >= 15 is 0 Å². The smallest absolute Gasteiger partial charge is 0.233 e. The highest BCUT2D eigenvalue weighted by Gasteiger charge is 2.23. The highest BCUT2D eigenvalue weighted by molar-refractivity contribution is 7.99. The molecule has 0 bridgehead atoms. The van der Waals surface area contributed by atoms with Gasteiger partial charge in [-0.15, -0.1) is 10.2 Å². The maximum atomic E-state index is 13.3. The van der Waals surface area contributed by atoms with Gasteiger partial charge in [-0.25, -0.2) is 0 Å². The van der Waals surface area contributed by atoms with E-state index in [9.17, 15) is 4.79 Å². The van der Waals surface area contributed by atoms with Crippen LogP contribution in [0.2, 0.25) is 5.02 Å². The molecule has 1 aliphatic heterocycles. The summed E-state index contributed by atoms with van der Waals surface area (Å²) < 4.78 is 7.66. The molecule has 0 aliphatic carbocycles. The number of nitrogens with zero attached hydrogens (tertiary/aromatic N) is 5. The summed E-state index contributed by atoms with van der Waals surface area (Å²) in [6.07, 6.45) is 3.76. The molecule has 1 aromatic heterocycles. The third-order valence-electron chi connectivity index (χ3n) is 5.55. The minimum Gasteiger partial charge on any atom is -0.378 e. The van der Waals surface area contributed by atoms with Gasteiger partial charge in [0, 0.05) is 44.5 Å². The predicted molar refractivity (Wildman–Crippen MR) is 132 cm³/mol. The third-order valence-corrected chi connectivity index (χ3v) is 6.72. The largest absolute Gasteiger partial charge is 0.378 e. The molecule has 174 valence electrons. The van der Waals surface area contributed by atoms with Crippen molar-refractivity contribution in [3.8, 4) is 5.69 Å². The van der Waals surface area contributed by atoms with Gasteiger partial charge in [0.2, 0.25) is 5.91 Å². The highest BCUT2D eigenvalue weighted by Crippen LogP contribution is 2.23. The fourth-order valence-electron chi connectivity index (χ4n) is 3.75. The van der Waals surface area contributed by atoms with Crippen LogP contribution in [0.15, 0.2) is 60.0 Å². The summed E-state index contributed by atoms with van der Waals surface area (Å²) in [6.45, 7) is 1.91. The van der Waals surface area contributed by atoms with Crippen LogP contribution < -0.4 is 4.90 Å². The fraction of sp³-hybridized carbons (Fsp3) is 0.375. The lowest BCUT2D eigenvalue weighted by Crippen LogP contribution is -2.38. The number of hydrogen-bond acceptors (Lipinski definition) is 6. The molecule has 33 heavy (non-hydrogen) atoms. The summed E-state index contributed by atoms with van der Waals surface area (Å²) in [7, 11) is 4.03. The monoisotopic (exact) mass is 485 g/mol. The predicted octanol–water partition coefficient (Wildman–Crippen LogP) is 4.29. The summed E-state index contributed by atoms with van der Waals surface area (Å²) in [5.74, 6) is 0.315. The van der Waals surface area contributed by atoms with Gasteiger partial charge in [-0.1, -0.05) is 41.6 Å². The summed E-state index contributed by atoms with van der Waals surface area (Å²) in [5.41, 5.74) is 3.09. The third kappa shape index (κ3) is 6.28. The average molecular weight is 486 g/mol. The Bertz CT molecular complexity index is 1070. The standard InChI is InChI=1S/C24H28ClN5O2S/c1-28(2)20-10-8-18(9-11-20)14-29(15-22-7-4-12-32-22)23(31)16-33-24-27-26-17-30(24)21-6-3-5-19(25)13-21/h3,5-6,8-11,13,17,22H,4,7,12,14-16H2,1-2H3/t22-/m1/s1. The van der Waals surface area contributed by atoms with Gasteiger partial charge in [-0.2, -0.15) is 0 Å². The van der Waals surface area contributed by atoms with E-state index in [4.69, 9.17) is 16.3 Å². The number of anilines is 1. The van der Waals surface area contributed by atoms with Crippen LogP contribution in [0.4, 0.5) is 5.69 Å². The van der Waals surface area contributed by atoms with Gasteiger partial charge < -0.3 is 14.5 Å². The summed E-state index contributed by atoms with van der Waals surface area (Å²) in [5, 5.41) is 9.51. The summed E-state index contributed by atoms with van der Waals surface area (Å²) in [4.78, 5) is 17.2. The van der Waals surface area contributed by atoms with E-state index in [1.165, 1.54) is 11.8 Å². The van der Waals surface area contributed by atoms with Gasteiger partial charge in [0.05, 0.1) is 17.5 Å². The number of carbonyl (C=O) groups excluding carboxylic acids is 1. The Morgan fingerprint density at radius 2 is 2.06 bits per heavy atom. The molecular weight excluding hydrogens is 458 g/mol. The number of rotatable bonds is 9. The van der Waals surface area contributed by atoms with E-state index in [0.717, 1.165) is 36.4 Å². The van der Waals surface area contributed by atoms with Gasteiger partial charge in [-0.05, 0) is 48.7 Å². The number of benzene rings is 2. The number of amides is 1. The van der Waals surface area contributed by atoms with Crippen molar-refractivity contribution < 1.29 is 9.53 Å². The Hall–Kier alpha value is -2.55. The molecule has 0 spiro atoms. The molecule has 4 rings (SSSR count). The number of hydrogen-bond donors (Lipinski definition) is 0. The molecular formula is C24H28ClN5O2S. The number of thioether (sulfide) groups is 1. The zero-order valence-electron chi connectivity index (χ0n) is 18.9. The van der Waals surface area contributed by atoms with Gasteiger partial charge in [0.1, 0.15) is 6.33 Å². The second-order valence-corrected chi connectivity index (χ2v) is 9.60. The van der Waals surface area contributed by atoms with Crippen LogP contribution in [0.25, 0.3) is 5.69 Å². The van der Waals surface area contributed by atoms with Crippen LogP contribution in [0.3, 0.4) is 0 Å². The van der Waals surface area contributed by atoms with Crippen molar-refractivity contribution in [3.05, 3.63) is 65.4 Å². The summed E-state index contributed by atoms with van der Waals surface area (Å²) in [6, 6.07) is 15.8. The van der Waals surface area contributed by atoms with Gasteiger partial charge >= 0.3 is 0 Å². The molecule has 3 aromatic rings. The zero-order valence-corrected chi connectivity index (χ0v) is 20.4. The number of halogens is 1. The Balaban J connectivity index is 1.45. The molecule has 0 saturated carbocycles. The maximum absolute atomic E-state index is 13.3. The van der Waals surface area contributed by atoms with Crippen molar-refractivity contribution in [2.24, 2.45) is 0 Å². The van der Waals surface area contributed by atoms with Crippen molar-refractivity contribution >= 4 is 35.0 Å². The van der Waals surface area contributed by atoms with E-state index < -0.39 is 0 Å². The minimum atomic E-state index is 0.0489. The molecule has 0 radical (unpaired) electrons. The molecule has 0 N–H and O–H groups in total. The van der Waals surface area contributed by atoms with Gasteiger partial charge in [0.15, 0.2) is 5.16 Å². The van der Waals surface area contributed by atoms with Crippen LogP contribution in [0, 0.1) is 0 Å². The quantitative estimate of drug-likeness (QED) is 0.421. The maximum Gasteiger partial charge on any atom is 0.233 e. The van der Waals surface area contributed by atoms with Gasteiger partial charge in [0.25, 0.3) is 0 Å². The lowest BCUT2D eigenvalue weighted by Gasteiger charge is -2.26. The van der Waals surface area contributed by atoms with Gasteiger partial charge in [-0.3, -0.25) is 9.36 Å². The Morgan fingerprint density at radius 1 is 1.24 bits per heavy atom. The number of aromatic nitrogens is 3. The molecule has 7 nitrogen and oxygen atoms in total. The number of ether oxygens (including phenoxy) is 1. The van der Waals surface area contributed by atoms with Crippen LogP contribution >= 0.6 is 23.4 Å². The first-order valence-electron chi connectivity index (χ1n) is 10.9. The Morgan fingerprint density at radius 3 is 2.76 bits per heavy atom. The average Bonchev–Trinajstić information content (AvgIpc) is 3.49. The minimum absolute atomic E-state index is 0.0489. The Labute approximate surface area is 203 Å². The molecule has 1 amide bonds. The van der Waals surface area contributed by atoms with Crippen molar-refractivity contribution in [2.45, 2.75) is 30.6 Å². The van der Waals surface area contributed by atoms with Crippen molar-refractivity contribution in [3.63, 3.8) is 0 Å². The topological polar surface area (TPSA) is 63.5 Å². The normalized spacial score (nSPS) is 15.5. The molecule has 1 atom stereocenters. The van der Waals surface area contributed by atoms with E-state index in [2.05, 4.69) is 39.4 Å². The van der Waals surface area contributed by atoms with Crippen molar-refractivity contribution in [2.75, 3.05) is 37.9 Å². The van der Waals surface area contributed by atoms with Crippen molar-refractivity contribution in [1.82, 2.24) is 19.7 Å². The lowest BCUT2D eigenvalue weighted by atomic mass is 10.1. The van der Waals surface area contributed by atoms with Crippen molar-refractivity contribution in [1.29, 1.82) is 0 Å². The van der Waals surface area contributed by atoms with E-state index in [-0.39, 0.29) is 17.8 Å². The SMILES string of the molecule is CN(C)c1ccc(CN(C[C@H]2CCCO2)C(=O)CSc2nncn2-c2cccc(Cl)c2)cc1. The first kappa shape index (κ1) is 23.6. The molecule has 1 saturated heterocycles. The molecule has 2 heterocycles. The highest BCUT2D eigenvalue weighted by atomic mass is 35.5. The van der Waals surface area contributed by atoms with E-state index in [1.54, 1.807) is 6.33 Å². The van der Waals surface area contributed by atoms with E-state index in [1.807, 2.05) is 47.8 Å². The molecule has 9 heteroatoms. The second kappa shape index (κ2) is 11.0. The van der Waals surface area contributed by atoms with Crippen LogP contribution in [-0.2, 0) is 16.1 Å². The molecule has 1 aliphatic rings. The lowest BCUT2D eigenvalue weighted by molar-refractivity contribution is -0.130. The van der Waals surface area contributed by atoms with E-state index in [0.29, 0.717) is 23.3 Å². The molecule has 1 fully saturated rings. The Kier molecular flexibility index (Phi) is 7.90. The first-order valence-corrected chi connectivity index (χ1v) is 12.3. The van der Waals surface area contributed by atoms with Crippen LogP contribution in [-0.4, -0.2) is 64.7 Å². The van der Waals surface area contributed by atoms with Crippen LogP contribution in [0.1, 0.15) is 18.4 Å². The summed E-state index contributed by atoms with van der Waals surface area (Å²) >= 11 is 7.51. The first-order chi connectivity index (χ1) is 16.0. The fourth-order valence-corrected chi connectivity index (χ4v) is 4.77. The number of carbonyl (C=O) groups is 1. The second-order valence-electron chi connectivity index (χ2n) is 8.22. The molecule has 2 aromatic carbocycles.